The van der Waals surface area contributed by atoms with Crippen LogP contribution in [0, 0.1) is 6.92 Å². The molecule has 2 heterocycles. The van der Waals surface area contributed by atoms with Crippen LogP contribution in [-0.4, -0.2) is 39.6 Å². The number of rotatable bonds is 3. The van der Waals surface area contributed by atoms with Gasteiger partial charge in [0.25, 0.3) is 0 Å². The second kappa shape index (κ2) is 5.56. The first-order valence-electron chi connectivity index (χ1n) is 6.23. The number of urea groups is 1. The summed E-state index contributed by atoms with van der Waals surface area (Å²) in [5.74, 6) is -0.972. The summed E-state index contributed by atoms with van der Waals surface area (Å²) in [6.45, 7) is 4.75. The number of carbonyl (C=O) groups is 2. The van der Waals surface area contributed by atoms with Crippen molar-refractivity contribution in [2.75, 3.05) is 6.54 Å². The van der Waals surface area contributed by atoms with E-state index in [-0.39, 0.29) is 23.5 Å². The quantitative estimate of drug-likeness (QED) is 0.886. The average Bonchev–Trinajstić information content (AvgIpc) is 2.92. The number of likely N-dealkylation sites (tertiary alicyclic amines) is 1. The number of aromatic nitrogens is 1. The Labute approximate surface area is 115 Å². The fourth-order valence-corrected chi connectivity index (χ4v) is 3.06. The van der Waals surface area contributed by atoms with Gasteiger partial charge >= 0.3 is 12.0 Å². The van der Waals surface area contributed by atoms with E-state index in [1.54, 1.807) is 11.8 Å². The van der Waals surface area contributed by atoms with Crippen molar-refractivity contribution >= 4 is 23.3 Å². The van der Waals surface area contributed by atoms with Gasteiger partial charge in [0.1, 0.15) is 9.88 Å². The topological polar surface area (TPSA) is 82.5 Å². The molecule has 19 heavy (non-hydrogen) atoms. The van der Waals surface area contributed by atoms with Crippen LogP contribution in [0.25, 0.3) is 0 Å². The second-order valence-corrected chi connectivity index (χ2v) is 5.75. The lowest BCUT2D eigenvalue weighted by Gasteiger charge is -2.21. The third-order valence-corrected chi connectivity index (χ3v) is 4.39. The SMILES string of the molecule is Cc1nc(CNC(=O)N2CCCC2C)sc1C(=O)O. The van der Waals surface area contributed by atoms with Gasteiger partial charge in [-0.2, -0.15) is 0 Å². The third kappa shape index (κ3) is 3.04. The highest BCUT2D eigenvalue weighted by Crippen LogP contribution is 2.19. The maximum Gasteiger partial charge on any atom is 0.347 e. The molecule has 2 rings (SSSR count). The number of carboxylic acid groups (broad SMARTS) is 1. The van der Waals surface area contributed by atoms with Crippen molar-refractivity contribution in [1.82, 2.24) is 15.2 Å². The highest BCUT2D eigenvalue weighted by atomic mass is 32.1. The summed E-state index contributed by atoms with van der Waals surface area (Å²) in [5, 5.41) is 12.4. The predicted molar refractivity (Wildman–Crippen MR) is 71.4 cm³/mol. The normalized spacial score (nSPS) is 18.6. The summed E-state index contributed by atoms with van der Waals surface area (Å²) in [7, 11) is 0. The van der Waals surface area contributed by atoms with E-state index in [2.05, 4.69) is 10.3 Å². The van der Waals surface area contributed by atoms with Gasteiger partial charge in [0, 0.05) is 12.6 Å². The number of carboxylic acids is 1. The first-order valence-corrected chi connectivity index (χ1v) is 7.04. The summed E-state index contributed by atoms with van der Waals surface area (Å²) >= 11 is 1.11. The molecule has 0 aromatic carbocycles. The van der Waals surface area contributed by atoms with Crippen LogP contribution >= 0.6 is 11.3 Å². The number of nitrogens with one attached hydrogen (secondary N) is 1. The summed E-state index contributed by atoms with van der Waals surface area (Å²) in [5.41, 5.74) is 0.497. The minimum atomic E-state index is -0.972. The Hall–Kier alpha value is -1.63. The van der Waals surface area contributed by atoms with Crippen LogP contribution < -0.4 is 5.32 Å². The molecule has 0 bridgehead atoms. The van der Waals surface area contributed by atoms with Crippen molar-refractivity contribution in [2.45, 2.75) is 39.3 Å². The third-order valence-electron chi connectivity index (χ3n) is 3.24. The fourth-order valence-electron chi connectivity index (χ4n) is 2.21. The molecule has 2 N–H and O–H groups in total. The first-order chi connectivity index (χ1) is 8.99. The van der Waals surface area contributed by atoms with Crippen LogP contribution in [0.2, 0.25) is 0 Å². The molecule has 1 aromatic rings. The molecule has 0 spiro atoms. The Bertz CT molecular complexity index is 500. The van der Waals surface area contributed by atoms with Crippen molar-refractivity contribution in [3.8, 4) is 0 Å². The van der Waals surface area contributed by atoms with Crippen molar-refractivity contribution < 1.29 is 14.7 Å². The highest BCUT2D eigenvalue weighted by molar-refractivity contribution is 7.13. The zero-order valence-corrected chi connectivity index (χ0v) is 11.8. The van der Waals surface area contributed by atoms with Crippen LogP contribution in [0.4, 0.5) is 4.79 Å². The molecule has 1 unspecified atom stereocenters. The van der Waals surface area contributed by atoms with E-state index in [0.29, 0.717) is 10.7 Å². The molecule has 7 heteroatoms. The number of nitrogens with zero attached hydrogens (tertiary/aromatic N) is 2. The van der Waals surface area contributed by atoms with Crippen molar-refractivity contribution in [2.24, 2.45) is 0 Å². The smallest absolute Gasteiger partial charge is 0.347 e. The lowest BCUT2D eigenvalue weighted by Crippen LogP contribution is -2.41. The zero-order valence-electron chi connectivity index (χ0n) is 11.0. The molecular formula is C12H17N3O3S. The number of carbonyl (C=O) groups excluding carboxylic acids is 1. The summed E-state index contributed by atoms with van der Waals surface area (Å²) < 4.78 is 0. The van der Waals surface area contributed by atoms with E-state index < -0.39 is 5.97 Å². The molecule has 1 aliphatic rings. The molecule has 1 aromatic heterocycles. The van der Waals surface area contributed by atoms with E-state index in [9.17, 15) is 9.59 Å². The molecule has 0 saturated carbocycles. The van der Waals surface area contributed by atoms with Gasteiger partial charge in [-0.3, -0.25) is 0 Å². The average molecular weight is 283 g/mol. The fraction of sp³-hybridized carbons (Fsp3) is 0.583. The Morgan fingerprint density at radius 3 is 2.84 bits per heavy atom. The van der Waals surface area contributed by atoms with Gasteiger partial charge in [-0.25, -0.2) is 14.6 Å². The monoisotopic (exact) mass is 283 g/mol. The molecule has 104 valence electrons. The van der Waals surface area contributed by atoms with Crippen LogP contribution in [0.1, 0.15) is 40.1 Å². The number of aryl methyl sites for hydroxylation is 1. The predicted octanol–water partition coefficient (Wildman–Crippen LogP) is 1.84. The Balaban J connectivity index is 1.93. The van der Waals surface area contributed by atoms with Gasteiger partial charge in [0.05, 0.1) is 12.2 Å². The van der Waals surface area contributed by atoms with Crippen LogP contribution in [-0.2, 0) is 6.54 Å². The Morgan fingerprint density at radius 2 is 2.32 bits per heavy atom. The Morgan fingerprint density at radius 1 is 1.58 bits per heavy atom. The van der Waals surface area contributed by atoms with Crippen molar-refractivity contribution in [3.63, 3.8) is 0 Å². The molecule has 6 nitrogen and oxygen atoms in total. The van der Waals surface area contributed by atoms with Crippen LogP contribution in [0.3, 0.4) is 0 Å². The number of thiazole rings is 1. The van der Waals surface area contributed by atoms with E-state index >= 15 is 0 Å². The zero-order chi connectivity index (χ0) is 14.0. The van der Waals surface area contributed by atoms with Gasteiger partial charge in [-0.1, -0.05) is 0 Å². The largest absolute Gasteiger partial charge is 0.477 e. The van der Waals surface area contributed by atoms with E-state index in [1.165, 1.54) is 0 Å². The minimum absolute atomic E-state index is 0.102. The van der Waals surface area contributed by atoms with Gasteiger partial charge in [-0.15, -0.1) is 11.3 Å². The number of aromatic carboxylic acids is 1. The number of hydrogen-bond acceptors (Lipinski definition) is 4. The second-order valence-electron chi connectivity index (χ2n) is 4.67. The molecule has 0 radical (unpaired) electrons. The standard InChI is InChI=1S/C12H17N3O3S/c1-7-4-3-5-15(7)12(18)13-6-9-14-8(2)10(19-9)11(16)17/h7H,3-6H2,1-2H3,(H,13,18)(H,16,17). The molecular weight excluding hydrogens is 266 g/mol. The van der Waals surface area contributed by atoms with Gasteiger partial charge in [-0.05, 0) is 26.7 Å². The maximum absolute atomic E-state index is 11.9. The molecule has 1 saturated heterocycles. The van der Waals surface area contributed by atoms with Crippen molar-refractivity contribution in [3.05, 3.63) is 15.6 Å². The molecule has 1 aliphatic heterocycles. The van der Waals surface area contributed by atoms with Gasteiger partial charge in [0.2, 0.25) is 0 Å². The maximum atomic E-state index is 11.9. The van der Waals surface area contributed by atoms with Gasteiger partial charge in [0.15, 0.2) is 0 Å². The molecule has 1 atom stereocenters. The van der Waals surface area contributed by atoms with Crippen LogP contribution in [0.5, 0.6) is 0 Å². The summed E-state index contributed by atoms with van der Waals surface area (Å²) in [6, 6.07) is 0.169. The summed E-state index contributed by atoms with van der Waals surface area (Å²) in [6.07, 6.45) is 2.07. The summed E-state index contributed by atoms with van der Waals surface area (Å²) in [4.78, 5) is 29.0. The lowest BCUT2D eigenvalue weighted by molar-refractivity contribution is 0.0701. The van der Waals surface area contributed by atoms with E-state index in [1.807, 2.05) is 6.92 Å². The van der Waals surface area contributed by atoms with Crippen molar-refractivity contribution in [1.29, 1.82) is 0 Å². The van der Waals surface area contributed by atoms with E-state index in [4.69, 9.17) is 5.11 Å². The molecule has 1 fully saturated rings. The molecule has 0 aliphatic carbocycles. The Kier molecular flexibility index (Phi) is 4.04. The van der Waals surface area contributed by atoms with Gasteiger partial charge < -0.3 is 15.3 Å². The number of amides is 2. The minimum Gasteiger partial charge on any atom is -0.477 e. The molecule has 2 amide bonds. The van der Waals surface area contributed by atoms with E-state index in [0.717, 1.165) is 30.7 Å². The van der Waals surface area contributed by atoms with Crippen LogP contribution in [0.15, 0.2) is 0 Å². The lowest BCUT2D eigenvalue weighted by atomic mass is 10.2. The highest BCUT2D eigenvalue weighted by Gasteiger charge is 2.25. The number of hydrogen-bond donors (Lipinski definition) is 2. The first kappa shape index (κ1) is 13.8.